The number of halogens is 2. The van der Waals surface area contributed by atoms with E-state index in [9.17, 15) is 0 Å². The Morgan fingerprint density at radius 1 is 1.29 bits per heavy atom. The molecule has 3 rings (SSSR count). The first-order valence-corrected chi connectivity index (χ1v) is 9.22. The van der Waals surface area contributed by atoms with E-state index in [1.165, 1.54) is 24.6 Å². The van der Waals surface area contributed by atoms with E-state index in [1.54, 1.807) is 0 Å². The van der Waals surface area contributed by atoms with E-state index in [2.05, 4.69) is 20.5 Å². The molecule has 0 bridgehead atoms. The molecule has 0 saturated carbocycles. The highest BCUT2D eigenvalue weighted by Crippen LogP contribution is 2.28. The van der Waals surface area contributed by atoms with Crippen LogP contribution in [0.5, 0.6) is 0 Å². The van der Waals surface area contributed by atoms with Crippen molar-refractivity contribution in [3.8, 4) is 0 Å². The highest BCUT2D eigenvalue weighted by atomic mass is 35.5. The Labute approximate surface area is 139 Å². The molecule has 114 valence electrons. The van der Waals surface area contributed by atoms with Crippen LogP contribution in [0, 0.1) is 0 Å². The largest absolute Gasteiger partial charge is 0.325 e. The van der Waals surface area contributed by atoms with E-state index in [4.69, 9.17) is 23.2 Å². The van der Waals surface area contributed by atoms with Crippen molar-refractivity contribution in [2.45, 2.75) is 18.8 Å². The van der Waals surface area contributed by atoms with Crippen LogP contribution in [0.4, 0.5) is 0 Å². The lowest BCUT2D eigenvalue weighted by Gasteiger charge is -2.26. The third-order valence-corrected chi connectivity index (χ3v) is 5.30. The molecule has 1 aromatic carbocycles. The van der Waals surface area contributed by atoms with Crippen LogP contribution in [0.15, 0.2) is 18.2 Å². The topological polar surface area (TPSA) is 21.1 Å². The van der Waals surface area contributed by atoms with Crippen molar-refractivity contribution in [2.24, 2.45) is 0 Å². The minimum atomic E-state index is -0.120. The number of rotatable bonds is 4. The Balaban J connectivity index is 1.88. The summed E-state index contributed by atoms with van der Waals surface area (Å²) in [4.78, 5) is 7.16. The summed E-state index contributed by atoms with van der Waals surface area (Å²) in [6.45, 7) is 6.25. The third kappa shape index (κ3) is 3.34. The van der Waals surface area contributed by atoms with E-state index in [0.29, 0.717) is 5.02 Å². The van der Waals surface area contributed by atoms with E-state index in [0.717, 1.165) is 29.9 Å². The zero-order valence-corrected chi connectivity index (χ0v) is 14.4. The van der Waals surface area contributed by atoms with Crippen molar-refractivity contribution in [3.05, 3.63) is 29.0 Å². The van der Waals surface area contributed by atoms with Gasteiger partial charge >= 0.3 is 0 Å². The normalized spacial score (nSPS) is 18.2. The average Bonchev–Trinajstić information content (AvgIpc) is 2.87. The van der Waals surface area contributed by atoms with Gasteiger partial charge in [0.25, 0.3) is 0 Å². The lowest BCUT2D eigenvalue weighted by molar-refractivity contribution is 0.289. The van der Waals surface area contributed by atoms with Crippen molar-refractivity contribution >= 4 is 46.0 Å². The number of nitrogens with zero attached hydrogens (tertiary/aromatic N) is 3. The molecule has 0 N–H and O–H groups in total. The van der Waals surface area contributed by atoms with Gasteiger partial charge in [-0.25, -0.2) is 4.98 Å². The van der Waals surface area contributed by atoms with Crippen molar-refractivity contribution in [1.29, 1.82) is 0 Å². The molecule has 0 spiro atoms. The van der Waals surface area contributed by atoms with Crippen molar-refractivity contribution in [1.82, 2.24) is 14.5 Å². The van der Waals surface area contributed by atoms with Crippen LogP contribution < -0.4 is 0 Å². The number of alkyl halides is 1. The van der Waals surface area contributed by atoms with E-state index in [1.807, 2.05) is 30.8 Å². The predicted octanol–water partition coefficient (Wildman–Crippen LogP) is 4.04. The molecule has 1 atom stereocenters. The van der Waals surface area contributed by atoms with Crippen LogP contribution >= 0.6 is 35.0 Å². The van der Waals surface area contributed by atoms with Gasteiger partial charge in [0.1, 0.15) is 11.3 Å². The molecule has 1 unspecified atom stereocenters. The molecule has 3 nitrogen and oxygen atoms in total. The number of para-hydroxylation sites is 1. The first kappa shape index (κ1) is 15.5. The van der Waals surface area contributed by atoms with Gasteiger partial charge in [0, 0.05) is 37.7 Å². The Morgan fingerprint density at radius 3 is 2.76 bits per heavy atom. The second-order valence-corrected chi connectivity index (χ2v) is 7.59. The molecular formula is C15H19Cl2N3S. The zero-order valence-electron chi connectivity index (χ0n) is 12.1. The number of fused-ring (bicyclic) bond motifs is 1. The van der Waals surface area contributed by atoms with Crippen molar-refractivity contribution in [2.75, 3.05) is 31.1 Å². The Kier molecular flexibility index (Phi) is 4.99. The van der Waals surface area contributed by atoms with Crippen LogP contribution in [-0.4, -0.2) is 45.6 Å². The van der Waals surface area contributed by atoms with E-state index in [-0.39, 0.29) is 5.38 Å². The Bertz CT molecular complexity index is 621. The maximum Gasteiger partial charge on any atom is 0.127 e. The van der Waals surface area contributed by atoms with Gasteiger partial charge in [-0.15, -0.1) is 11.6 Å². The summed E-state index contributed by atoms with van der Waals surface area (Å²) in [5.41, 5.74) is 1.94. The van der Waals surface area contributed by atoms with Gasteiger partial charge in [-0.05, 0) is 19.1 Å². The van der Waals surface area contributed by atoms with Gasteiger partial charge in [-0.1, -0.05) is 17.7 Å². The smallest absolute Gasteiger partial charge is 0.127 e. The molecule has 2 aromatic rings. The number of hydrogen-bond donors (Lipinski definition) is 0. The molecule has 2 heterocycles. The molecule has 6 heteroatoms. The summed E-state index contributed by atoms with van der Waals surface area (Å²) >= 11 is 14.6. The van der Waals surface area contributed by atoms with E-state index >= 15 is 0 Å². The standard InChI is InChI=1S/C15H19Cl2N3S/c1-11(16)15-18-14-12(17)3-2-4-13(14)20(15)6-5-19-7-9-21-10-8-19/h2-4,11H,5-10H2,1H3. The molecular weight excluding hydrogens is 325 g/mol. The number of imidazole rings is 1. The fraction of sp³-hybridized carbons (Fsp3) is 0.533. The fourth-order valence-electron chi connectivity index (χ4n) is 2.74. The predicted molar refractivity (Wildman–Crippen MR) is 92.8 cm³/mol. The van der Waals surface area contributed by atoms with Crippen LogP contribution in [-0.2, 0) is 6.54 Å². The third-order valence-electron chi connectivity index (χ3n) is 3.86. The maximum atomic E-state index is 6.31. The fourth-order valence-corrected chi connectivity index (χ4v) is 4.09. The second-order valence-electron chi connectivity index (χ2n) is 5.30. The summed E-state index contributed by atoms with van der Waals surface area (Å²) in [7, 11) is 0. The summed E-state index contributed by atoms with van der Waals surface area (Å²) in [5, 5.41) is 0.574. The monoisotopic (exact) mass is 343 g/mol. The van der Waals surface area contributed by atoms with Crippen LogP contribution in [0.2, 0.25) is 5.02 Å². The van der Waals surface area contributed by atoms with Crippen LogP contribution in [0.1, 0.15) is 18.1 Å². The molecule has 0 amide bonds. The van der Waals surface area contributed by atoms with Gasteiger partial charge in [0.15, 0.2) is 0 Å². The van der Waals surface area contributed by atoms with Gasteiger partial charge < -0.3 is 4.57 Å². The number of aromatic nitrogens is 2. The minimum Gasteiger partial charge on any atom is -0.325 e. The Hall–Kier alpha value is -0.420. The summed E-state index contributed by atoms with van der Waals surface area (Å²) in [6, 6.07) is 5.93. The first-order valence-electron chi connectivity index (χ1n) is 7.25. The molecule has 1 aliphatic heterocycles. The zero-order chi connectivity index (χ0) is 14.8. The van der Waals surface area contributed by atoms with Gasteiger partial charge in [-0.2, -0.15) is 11.8 Å². The second kappa shape index (κ2) is 6.78. The SMILES string of the molecule is CC(Cl)c1nc2c(Cl)cccc2n1CCN1CCSCC1. The van der Waals surface area contributed by atoms with Crippen LogP contribution in [0.3, 0.4) is 0 Å². The highest BCUT2D eigenvalue weighted by Gasteiger charge is 2.18. The average molecular weight is 344 g/mol. The number of thioether (sulfide) groups is 1. The lowest BCUT2D eigenvalue weighted by atomic mass is 10.3. The summed E-state index contributed by atoms with van der Waals surface area (Å²) in [6.07, 6.45) is 0. The number of hydrogen-bond acceptors (Lipinski definition) is 3. The first-order chi connectivity index (χ1) is 10.2. The summed E-state index contributed by atoms with van der Waals surface area (Å²) in [5.74, 6) is 3.37. The summed E-state index contributed by atoms with van der Waals surface area (Å²) < 4.78 is 2.22. The van der Waals surface area contributed by atoms with Crippen molar-refractivity contribution < 1.29 is 0 Å². The van der Waals surface area contributed by atoms with Crippen LogP contribution in [0.25, 0.3) is 11.0 Å². The van der Waals surface area contributed by atoms with Gasteiger partial charge in [0.05, 0.1) is 15.9 Å². The van der Waals surface area contributed by atoms with Gasteiger partial charge in [0.2, 0.25) is 0 Å². The molecule has 21 heavy (non-hydrogen) atoms. The van der Waals surface area contributed by atoms with Gasteiger partial charge in [-0.3, -0.25) is 4.90 Å². The molecule has 1 fully saturated rings. The highest BCUT2D eigenvalue weighted by molar-refractivity contribution is 7.99. The molecule has 0 aliphatic carbocycles. The molecule has 1 saturated heterocycles. The molecule has 1 aliphatic rings. The Morgan fingerprint density at radius 2 is 2.05 bits per heavy atom. The van der Waals surface area contributed by atoms with E-state index < -0.39 is 0 Å². The lowest BCUT2D eigenvalue weighted by Crippen LogP contribution is -2.35. The molecule has 1 aromatic heterocycles. The maximum absolute atomic E-state index is 6.31. The minimum absolute atomic E-state index is 0.120. The van der Waals surface area contributed by atoms with Crippen molar-refractivity contribution in [3.63, 3.8) is 0 Å². The number of benzene rings is 1. The molecule has 0 radical (unpaired) electrons. The quantitative estimate of drug-likeness (QED) is 0.781.